The second-order valence-corrected chi connectivity index (χ2v) is 2.88. The molecule has 0 spiro atoms. The molecule has 0 saturated heterocycles. The maximum Gasteiger partial charge on any atom is 0.123 e. The third-order valence-electron chi connectivity index (χ3n) is 1.92. The van der Waals surface area contributed by atoms with Crippen LogP contribution in [0.3, 0.4) is 0 Å². The maximum absolute atomic E-state index is 5.57. The number of pyridine rings is 1. The highest BCUT2D eigenvalue weighted by atomic mass is 15.1. The molecule has 0 atom stereocenters. The van der Waals surface area contributed by atoms with Gasteiger partial charge in [-0.25, -0.2) is 4.98 Å². The van der Waals surface area contributed by atoms with Crippen molar-refractivity contribution in [3.05, 3.63) is 30.2 Å². The van der Waals surface area contributed by atoms with E-state index >= 15 is 0 Å². The number of nitrogens with two attached hydrogens (primary N) is 1. The van der Waals surface area contributed by atoms with Crippen molar-refractivity contribution in [2.45, 2.75) is 6.92 Å². The zero-order chi connectivity index (χ0) is 9.26. The normalized spacial score (nSPS) is 10.2. The number of H-pyrrole nitrogens is 1. The van der Waals surface area contributed by atoms with Gasteiger partial charge in [-0.3, -0.25) is 5.10 Å². The van der Waals surface area contributed by atoms with Gasteiger partial charge in [0.25, 0.3) is 0 Å². The average Bonchev–Trinajstić information content (AvgIpc) is 2.51. The predicted octanol–water partition coefficient (Wildman–Crippen LogP) is 1.36. The van der Waals surface area contributed by atoms with E-state index in [0.717, 1.165) is 16.8 Å². The van der Waals surface area contributed by atoms with Crippen LogP contribution in [0.5, 0.6) is 0 Å². The van der Waals surface area contributed by atoms with Gasteiger partial charge >= 0.3 is 0 Å². The van der Waals surface area contributed by atoms with Gasteiger partial charge in [0.15, 0.2) is 0 Å². The first-order valence-corrected chi connectivity index (χ1v) is 3.99. The third kappa shape index (κ3) is 1.38. The molecule has 2 aromatic rings. The van der Waals surface area contributed by atoms with E-state index in [0.29, 0.717) is 5.82 Å². The second-order valence-electron chi connectivity index (χ2n) is 2.88. The van der Waals surface area contributed by atoms with Crippen LogP contribution in [0, 0.1) is 6.92 Å². The molecule has 0 aromatic carbocycles. The van der Waals surface area contributed by atoms with E-state index in [1.807, 2.05) is 19.1 Å². The number of aromatic amines is 1. The van der Waals surface area contributed by atoms with Crippen LogP contribution < -0.4 is 5.73 Å². The first kappa shape index (κ1) is 7.79. The van der Waals surface area contributed by atoms with E-state index in [-0.39, 0.29) is 0 Å². The summed E-state index contributed by atoms with van der Waals surface area (Å²) in [5, 5.41) is 6.82. The zero-order valence-corrected chi connectivity index (χ0v) is 7.28. The number of aryl methyl sites for hydroxylation is 1. The molecule has 0 saturated carbocycles. The molecule has 2 aromatic heterocycles. The molecule has 4 heteroatoms. The largest absolute Gasteiger partial charge is 0.384 e. The Hall–Kier alpha value is -1.84. The molecule has 0 aliphatic carbocycles. The molecular formula is C9H10N4. The first-order valence-electron chi connectivity index (χ1n) is 3.99. The Morgan fingerprint density at radius 3 is 2.92 bits per heavy atom. The SMILES string of the molecule is Cc1[nH]ncc1-c1ccnc(N)c1. The Bertz CT molecular complexity index is 419. The van der Waals surface area contributed by atoms with E-state index in [1.54, 1.807) is 12.4 Å². The van der Waals surface area contributed by atoms with E-state index in [4.69, 9.17) is 5.73 Å². The molecule has 0 fully saturated rings. The number of nitrogen functional groups attached to an aromatic ring is 1. The second kappa shape index (κ2) is 2.90. The van der Waals surface area contributed by atoms with Crippen LogP contribution in [0.2, 0.25) is 0 Å². The van der Waals surface area contributed by atoms with Gasteiger partial charge in [-0.1, -0.05) is 0 Å². The van der Waals surface area contributed by atoms with Crippen LogP contribution in [-0.2, 0) is 0 Å². The Balaban J connectivity index is 2.53. The summed E-state index contributed by atoms with van der Waals surface area (Å²) < 4.78 is 0. The molecule has 0 aliphatic rings. The number of aromatic nitrogens is 3. The van der Waals surface area contributed by atoms with Crippen molar-refractivity contribution in [3.63, 3.8) is 0 Å². The van der Waals surface area contributed by atoms with Crippen molar-refractivity contribution in [2.75, 3.05) is 5.73 Å². The molecule has 3 N–H and O–H groups in total. The topological polar surface area (TPSA) is 67.6 Å². The van der Waals surface area contributed by atoms with Gasteiger partial charge < -0.3 is 5.73 Å². The van der Waals surface area contributed by atoms with Crippen molar-refractivity contribution >= 4 is 5.82 Å². The van der Waals surface area contributed by atoms with Gasteiger partial charge in [0.05, 0.1) is 6.20 Å². The van der Waals surface area contributed by atoms with Crippen molar-refractivity contribution in [1.82, 2.24) is 15.2 Å². The average molecular weight is 174 g/mol. The Kier molecular flexibility index (Phi) is 1.73. The number of hydrogen-bond donors (Lipinski definition) is 2. The van der Waals surface area contributed by atoms with Crippen molar-refractivity contribution in [3.8, 4) is 11.1 Å². The maximum atomic E-state index is 5.57. The predicted molar refractivity (Wildman–Crippen MR) is 51.0 cm³/mol. The van der Waals surface area contributed by atoms with Crippen LogP contribution in [0.4, 0.5) is 5.82 Å². The van der Waals surface area contributed by atoms with Crippen LogP contribution in [-0.4, -0.2) is 15.2 Å². The van der Waals surface area contributed by atoms with Crippen LogP contribution >= 0.6 is 0 Å². The fourth-order valence-electron chi connectivity index (χ4n) is 1.26. The number of anilines is 1. The highest BCUT2D eigenvalue weighted by Crippen LogP contribution is 2.21. The number of nitrogens with one attached hydrogen (secondary N) is 1. The molecule has 0 aliphatic heterocycles. The summed E-state index contributed by atoms with van der Waals surface area (Å²) in [5.41, 5.74) is 8.71. The lowest BCUT2D eigenvalue weighted by atomic mass is 10.1. The van der Waals surface area contributed by atoms with Crippen LogP contribution in [0.1, 0.15) is 5.69 Å². The van der Waals surface area contributed by atoms with Gasteiger partial charge in [-0.2, -0.15) is 5.10 Å². The Labute approximate surface area is 75.8 Å². The number of hydrogen-bond acceptors (Lipinski definition) is 3. The minimum atomic E-state index is 0.526. The fourth-order valence-corrected chi connectivity index (χ4v) is 1.26. The van der Waals surface area contributed by atoms with Gasteiger partial charge in [0.1, 0.15) is 5.82 Å². The standard InChI is InChI=1S/C9H10N4/c1-6-8(5-12-13-6)7-2-3-11-9(10)4-7/h2-5H,1H3,(H2,10,11)(H,12,13). The number of nitrogens with zero attached hydrogens (tertiary/aromatic N) is 2. The van der Waals surface area contributed by atoms with Gasteiger partial charge in [-0.15, -0.1) is 0 Å². The molecule has 4 nitrogen and oxygen atoms in total. The highest BCUT2D eigenvalue weighted by Gasteiger charge is 2.03. The summed E-state index contributed by atoms with van der Waals surface area (Å²) >= 11 is 0. The minimum absolute atomic E-state index is 0.526. The molecule has 66 valence electrons. The van der Waals surface area contributed by atoms with Crippen molar-refractivity contribution < 1.29 is 0 Å². The minimum Gasteiger partial charge on any atom is -0.384 e. The van der Waals surface area contributed by atoms with Gasteiger partial charge in [-0.05, 0) is 24.6 Å². The summed E-state index contributed by atoms with van der Waals surface area (Å²) in [6.45, 7) is 1.97. The lowest BCUT2D eigenvalue weighted by molar-refractivity contribution is 1.05. The van der Waals surface area contributed by atoms with E-state index < -0.39 is 0 Å². The lowest BCUT2D eigenvalue weighted by Gasteiger charge is -1.99. The smallest absolute Gasteiger partial charge is 0.123 e. The zero-order valence-electron chi connectivity index (χ0n) is 7.28. The summed E-state index contributed by atoms with van der Waals surface area (Å²) in [5.74, 6) is 0.526. The van der Waals surface area contributed by atoms with E-state index in [9.17, 15) is 0 Å². The molecule has 2 rings (SSSR count). The number of rotatable bonds is 1. The Morgan fingerprint density at radius 2 is 2.31 bits per heavy atom. The lowest BCUT2D eigenvalue weighted by Crippen LogP contribution is -1.89. The van der Waals surface area contributed by atoms with Gasteiger partial charge in [0, 0.05) is 17.5 Å². The quantitative estimate of drug-likeness (QED) is 0.686. The van der Waals surface area contributed by atoms with Gasteiger partial charge in [0.2, 0.25) is 0 Å². The summed E-state index contributed by atoms with van der Waals surface area (Å²) in [6.07, 6.45) is 3.47. The first-order chi connectivity index (χ1) is 6.27. The Morgan fingerprint density at radius 1 is 1.46 bits per heavy atom. The molecule has 0 radical (unpaired) electrons. The molecular weight excluding hydrogens is 164 g/mol. The summed E-state index contributed by atoms with van der Waals surface area (Å²) in [7, 11) is 0. The summed E-state index contributed by atoms with van der Waals surface area (Å²) in [4.78, 5) is 3.93. The molecule has 13 heavy (non-hydrogen) atoms. The summed E-state index contributed by atoms with van der Waals surface area (Å²) in [6, 6.07) is 3.74. The molecule has 0 bridgehead atoms. The van der Waals surface area contributed by atoms with Crippen molar-refractivity contribution in [1.29, 1.82) is 0 Å². The fraction of sp³-hybridized carbons (Fsp3) is 0.111. The third-order valence-corrected chi connectivity index (χ3v) is 1.92. The van der Waals surface area contributed by atoms with Crippen LogP contribution in [0.25, 0.3) is 11.1 Å². The highest BCUT2D eigenvalue weighted by molar-refractivity contribution is 5.66. The van der Waals surface area contributed by atoms with E-state index in [2.05, 4.69) is 15.2 Å². The molecule has 0 unspecified atom stereocenters. The molecule has 0 amide bonds. The van der Waals surface area contributed by atoms with Crippen molar-refractivity contribution in [2.24, 2.45) is 0 Å². The van der Waals surface area contributed by atoms with E-state index in [1.165, 1.54) is 0 Å². The van der Waals surface area contributed by atoms with Crippen LogP contribution in [0.15, 0.2) is 24.5 Å². The monoisotopic (exact) mass is 174 g/mol. The molecule has 2 heterocycles.